The Morgan fingerprint density at radius 3 is 2.85 bits per heavy atom. The van der Waals surface area contributed by atoms with Gasteiger partial charge in [-0.15, -0.1) is 0 Å². The Hall–Kier alpha value is -1.62. The van der Waals surface area contributed by atoms with Crippen molar-refractivity contribution < 1.29 is 9.50 Å². The molecule has 5 heteroatoms. The second-order valence-corrected chi connectivity index (χ2v) is 5.46. The van der Waals surface area contributed by atoms with E-state index in [2.05, 4.69) is 16.8 Å². The molecule has 0 amide bonds. The van der Waals surface area contributed by atoms with Crippen LogP contribution in [0, 0.1) is 11.7 Å². The van der Waals surface area contributed by atoms with E-state index in [1.807, 2.05) is 0 Å². The standard InChI is InChI=1S/C15H22FN3O/c1-11-3-2-8-19(10-11)15(17)18-9-14(20)12-4-6-13(16)7-5-12/h4-7,11,14,20H,2-3,8-10H2,1H3,(H2,17,18). The van der Waals surface area contributed by atoms with E-state index in [-0.39, 0.29) is 12.4 Å². The van der Waals surface area contributed by atoms with Gasteiger partial charge < -0.3 is 15.7 Å². The van der Waals surface area contributed by atoms with Crippen molar-refractivity contribution in [2.24, 2.45) is 16.6 Å². The van der Waals surface area contributed by atoms with Crippen molar-refractivity contribution in [2.45, 2.75) is 25.9 Å². The van der Waals surface area contributed by atoms with Gasteiger partial charge in [-0.2, -0.15) is 0 Å². The first kappa shape index (κ1) is 14.8. The third kappa shape index (κ3) is 3.93. The first-order chi connectivity index (χ1) is 9.56. The predicted octanol–water partition coefficient (Wildman–Crippen LogP) is 1.91. The van der Waals surface area contributed by atoms with Crippen molar-refractivity contribution in [2.75, 3.05) is 19.6 Å². The molecule has 1 heterocycles. The number of likely N-dealkylation sites (tertiary alicyclic amines) is 1. The van der Waals surface area contributed by atoms with Gasteiger partial charge in [0.05, 0.1) is 12.6 Å². The Balaban J connectivity index is 1.92. The van der Waals surface area contributed by atoms with E-state index < -0.39 is 6.10 Å². The minimum absolute atomic E-state index is 0.197. The van der Waals surface area contributed by atoms with Crippen molar-refractivity contribution in [3.8, 4) is 0 Å². The van der Waals surface area contributed by atoms with Gasteiger partial charge in [-0.25, -0.2) is 4.39 Å². The van der Waals surface area contributed by atoms with Crippen LogP contribution in [0.25, 0.3) is 0 Å². The Morgan fingerprint density at radius 1 is 1.50 bits per heavy atom. The molecule has 1 aliphatic heterocycles. The lowest BCUT2D eigenvalue weighted by Crippen LogP contribution is -2.43. The number of aliphatic hydroxyl groups is 1. The summed E-state index contributed by atoms with van der Waals surface area (Å²) < 4.78 is 12.8. The number of halogens is 1. The molecule has 1 fully saturated rings. The van der Waals surface area contributed by atoms with Gasteiger partial charge in [-0.1, -0.05) is 19.1 Å². The maximum atomic E-state index is 12.8. The number of guanidine groups is 1. The predicted molar refractivity (Wildman–Crippen MR) is 77.8 cm³/mol. The molecule has 4 nitrogen and oxygen atoms in total. The van der Waals surface area contributed by atoms with E-state index in [0.29, 0.717) is 17.4 Å². The molecule has 0 spiro atoms. The van der Waals surface area contributed by atoms with Crippen LogP contribution in [-0.2, 0) is 0 Å². The number of nitrogens with zero attached hydrogens (tertiary/aromatic N) is 2. The molecule has 1 aromatic carbocycles. The fraction of sp³-hybridized carbons (Fsp3) is 0.533. The normalized spacial score (nSPS) is 21.9. The molecular formula is C15H22FN3O. The van der Waals surface area contributed by atoms with Gasteiger partial charge in [-0.3, -0.25) is 4.99 Å². The third-order valence-electron chi connectivity index (χ3n) is 3.66. The number of nitrogens with two attached hydrogens (primary N) is 1. The Labute approximate surface area is 119 Å². The molecule has 0 bridgehead atoms. The highest BCUT2D eigenvalue weighted by Crippen LogP contribution is 2.16. The molecular weight excluding hydrogens is 257 g/mol. The van der Waals surface area contributed by atoms with Gasteiger partial charge in [0.15, 0.2) is 5.96 Å². The van der Waals surface area contributed by atoms with Crippen LogP contribution in [0.15, 0.2) is 29.3 Å². The quantitative estimate of drug-likeness (QED) is 0.656. The molecule has 1 aromatic rings. The highest BCUT2D eigenvalue weighted by atomic mass is 19.1. The maximum absolute atomic E-state index is 12.8. The molecule has 0 aliphatic carbocycles. The summed E-state index contributed by atoms with van der Waals surface area (Å²) in [7, 11) is 0. The smallest absolute Gasteiger partial charge is 0.191 e. The van der Waals surface area contributed by atoms with Crippen LogP contribution < -0.4 is 5.73 Å². The highest BCUT2D eigenvalue weighted by Gasteiger charge is 2.18. The van der Waals surface area contributed by atoms with E-state index >= 15 is 0 Å². The van der Waals surface area contributed by atoms with E-state index in [1.165, 1.54) is 18.6 Å². The molecule has 2 atom stereocenters. The summed E-state index contributed by atoms with van der Waals surface area (Å²) >= 11 is 0. The summed E-state index contributed by atoms with van der Waals surface area (Å²) in [5.74, 6) is 0.795. The molecule has 110 valence electrons. The van der Waals surface area contributed by atoms with E-state index in [0.717, 1.165) is 19.5 Å². The molecule has 0 aromatic heterocycles. The van der Waals surface area contributed by atoms with Crippen LogP contribution >= 0.6 is 0 Å². The van der Waals surface area contributed by atoms with Crippen LogP contribution in [-0.4, -0.2) is 35.6 Å². The third-order valence-corrected chi connectivity index (χ3v) is 3.66. The minimum atomic E-state index is -0.753. The number of aliphatic imine (C=N–C) groups is 1. The lowest BCUT2D eigenvalue weighted by molar-refractivity contribution is 0.186. The highest BCUT2D eigenvalue weighted by molar-refractivity contribution is 5.78. The first-order valence-electron chi connectivity index (χ1n) is 7.04. The summed E-state index contributed by atoms with van der Waals surface area (Å²) in [6.45, 7) is 4.24. The zero-order valence-electron chi connectivity index (χ0n) is 11.8. The monoisotopic (exact) mass is 279 g/mol. The zero-order chi connectivity index (χ0) is 14.5. The molecule has 1 aliphatic rings. The van der Waals surface area contributed by atoms with Crippen molar-refractivity contribution in [3.63, 3.8) is 0 Å². The zero-order valence-corrected chi connectivity index (χ0v) is 11.8. The number of hydrogen-bond acceptors (Lipinski definition) is 2. The number of rotatable bonds is 3. The second-order valence-electron chi connectivity index (χ2n) is 5.46. The topological polar surface area (TPSA) is 61.8 Å². The largest absolute Gasteiger partial charge is 0.386 e. The lowest BCUT2D eigenvalue weighted by atomic mass is 10.0. The van der Waals surface area contributed by atoms with Crippen molar-refractivity contribution in [1.29, 1.82) is 0 Å². The van der Waals surface area contributed by atoms with Gasteiger partial charge in [0.2, 0.25) is 0 Å². The van der Waals surface area contributed by atoms with Crippen molar-refractivity contribution >= 4 is 5.96 Å². The second kappa shape index (κ2) is 6.70. The van der Waals surface area contributed by atoms with Crippen LogP contribution in [0.4, 0.5) is 4.39 Å². The van der Waals surface area contributed by atoms with Gasteiger partial charge in [0.1, 0.15) is 5.82 Å². The Bertz CT molecular complexity index is 461. The van der Waals surface area contributed by atoms with Crippen LogP contribution in [0.1, 0.15) is 31.4 Å². The van der Waals surface area contributed by atoms with Crippen molar-refractivity contribution in [1.82, 2.24) is 4.90 Å². The summed E-state index contributed by atoms with van der Waals surface area (Å²) in [4.78, 5) is 6.32. The Morgan fingerprint density at radius 2 is 2.20 bits per heavy atom. The maximum Gasteiger partial charge on any atom is 0.191 e. The van der Waals surface area contributed by atoms with Gasteiger partial charge in [-0.05, 0) is 36.5 Å². The molecule has 2 unspecified atom stereocenters. The molecule has 0 saturated carbocycles. The first-order valence-corrected chi connectivity index (χ1v) is 7.04. The average Bonchev–Trinajstić information content (AvgIpc) is 2.45. The summed E-state index contributed by atoms with van der Waals surface area (Å²) in [5, 5.41) is 10.0. The number of piperidine rings is 1. The lowest BCUT2D eigenvalue weighted by Gasteiger charge is -2.31. The van der Waals surface area contributed by atoms with Gasteiger partial charge in [0, 0.05) is 13.1 Å². The molecule has 20 heavy (non-hydrogen) atoms. The van der Waals surface area contributed by atoms with Crippen LogP contribution in [0.3, 0.4) is 0 Å². The average molecular weight is 279 g/mol. The Kier molecular flexibility index (Phi) is 4.95. The summed E-state index contributed by atoms with van der Waals surface area (Å²) in [5.41, 5.74) is 6.61. The van der Waals surface area contributed by atoms with E-state index in [4.69, 9.17) is 5.73 Å². The SMILES string of the molecule is CC1CCCN(C(N)=NCC(O)c2ccc(F)cc2)C1. The van der Waals surface area contributed by atoms with E-state index in [1.54, 1.807) is 12.1 Å². The van der Waals surface area contributed by atoms with Crippen molar-refractivity contribution in [3.05, 3.63) is 35.6 Å². The van der Waals surface area contributed by atoms with Gasteiger partial charge >= 0.3 is 0 Å². The number of hydrogen-bond donors (Lipinski definition) is 2. The minimum Gasteiger partial charge on any atom is -0.386 e. The fourth-order valence-electron chi connectivity index (χ4n) is 2.47. The van der Waals surface area contributed by atoms with Gasteiger partial charge in [0.25, 0.3) is 0 Å². The summed E-state index contributed by atoms with van der Waals surface area (Å²) in [6, 6.07) is 5.79. The van der Waals surface area contributed by atoms with Crippen LogP contribution in [0.2, 0.25) is 0 Å². The molecule has 0 radical (unpaired) electrons. The summed E-state index contributed by atoms with van der Waals surface area (Å²) in [6.07, 6.45) is 1.59. The van der Waals surface area contributed by atoms with E-state index in [9.17, 15) is 9.50 Å². The number of benzene rings is 1. The molecule has 1 saturated heterocycles. The fourth-order valence-corrected chi connectivity index (χ4v) is 2.47. The van der Waals surface area contributed by atoms with Crippen LogP contribution in [0.5, 0.6) is 0 Å². The molecule has 2 rings (SSSR count). The molecule has 3 N–H and O–H groups in total. The number of aliphatic hydroxyl groups excluding tert-OH is 1.